The number of fused-ring (bicyclic) bond motifs is 1. The van der Waals surface area contributed by atoms with Crippen LogP contribution in [0.25, 0.3) is 0 Å². The van der Waals surface area contributed by atoms with Crippen LogP contribution in [0.5, 0.6) is 0 Å². The number of nitrogens with one attached hydrogen (secondary N) is 2. The number of hydrogen-bond donors (Lipinski definition) is 2. The van der Waals surface area contributed by atoms with Crippen molar-refractivity contribution in [1.29, 1.82) is 0 Å². The number of carbonyl (C=O) groups excluding carboxylic acids is 1. The first kappa shape index (κ1) is 13.3. The Morgan fingerprint density at radius 3 is 3.00 bits per heavy atom. The van der Waals surface area contributed by atoms with Gasteiger partial charge in [0.1, 0.15) is 6.10 Å². The molecule has 1 amide bonds. The van der Waals surface area contributed by atoms with E-state index in [-0.39, 0.29) is 18.1 Å². The van der Waals surface area contributed by atoms with E-state index in [0.717, 1.165) is 6.54 Å². The van der Waals surface area contributed by atoms with E-state index in [4.69, 9.17) is 9.47 Å². The molecule has 19 heavy (non-hydrogen) atoms. The molecule has 1 aliphatic carbocycles. The lowest BCUT2D eigenvalue weighted by Crippen LogP contribution is -2.46. The molecule has 5 heteroatoms. The summed E-state index contributed by atoms with van der Waals surface area (Å²) in [5, 5.41) is 6.38. The van der Waals surface area contributed by atoms with Crippen LogP contribution in [0.1, 0.15) is 33.1 Å². The quantitative estimate of drug-likeness (QED) is 0.789. The second-order valence-electron chi connectivity index (χ2n) is 6.44. The van der Waals surface area contributed by atoms with Crippen molar-refractivity contribution in [2.24, 2.45) is 11.8 Å². The molecule has 2 saturated heterocycles. The van der Waals surface area contributed by atoms with E-state index in [1.807, 2.05) is 13.8 Å². The first-order valence-electron chi connectivity index (χ1n) is 7.38. The summed E-state index contributed by atoms with van der Waals surface area (Å²) in [6.07, 6.45) is 3.70. The average molecular weight is 268 g/mol. The summed E-state index contributed by atoms with van der Waals surface area (Å²) in [4.78, 5) is 12.2. The molecule has 2 heterocycles. The zero-order valence-corrected chi connectivity index (χ0v) is 11.8. The molecule has 1 saturated carbocycles. The molecule has 5 nitrogen and oxygen atoms in total. The molecule has 2 aliphatic heterocycles. The molecular formula is C14H24N2O3. The molecule has 3 rings (SSSR count). The third-order valence-electron chi connectivity index (χ3n) is 4.60. The van der Waals surface area contributed by atoms with E-state index in [1.54, 1.807) is 0 Å². The summed E-state index contributed by atoms with van der Waals surface area (Å²) in [7, 11) is 0. The van der Waals surface area contributed by atoms with Crippen molar-refractivity contribution in [3.63, 3.8) is 0 Å². The van der Waals surface area contributed by atoms with Gasteiger partial charge in [-0.1, -0.05) is 6.42 Å². The van der Waals surface area contributed by atoms with Gasteiger partial charge in [0.25, 0.3) is 0 Å². The smallest absolute Gasteiger partial charge is 0.237 e. The topological polar surface area (TPSA) is 59.6 Å². The fourth-order valence-electron chi connectivity index (χ4n) is 3.66. The first-order chi connectivity index (χ1) is 9.05. The third kappa shape index (κ3) is 2.78. The molecular weight excluding hydrogens is 244 g/mol. The van der Waals surface area contributed by atoms with Crippen molar-refractivity contribution in [1.82, 2.24) is 10.6 Å². The van der Waals surface area contributed by atoms with Crippen molar-refractivity contribution in [2.75, 3.05) is 19.7 Å². The lowest BCUT2D eigenvalue weighted by atomic mass is 9.93. The molecule has 0 spiro atoms. The summed E-state index contributed by atoms with van der Waals surface area (Å²) in [5.74, 6) is 0.859. The van der Waals surface area contributed by atoms with Gasteiger partial charge in [0.2, 0.25) is 5.91 Å². The van der Waals surface area contributed by atoms with Crippen LogP contribution < -0.4 is 10.6 Å². The normalized spacial score (nSPS) is 40.3. The van der Waals surface area contributed by atoms with Crippen molar-refractivity contribution in [3.05, 3.63) is 0 Å². The van der Waals surface area contributed by atoms with Crippen molar-refractivity contribution < 1.29 is 14.3 Å². The average Bonchev–Trinajstić information content (AvgIpc) is 3.00. The van der Waals surface area contributed by atoms with E-state index < -0.39 is 5.79 Å². The molecule has 3 aliphatic rings. The van der Waals surface area contributed by atoms with Gasteiger partial charge in [-0.15, -0.1) is 0 Å². The molecule has 4 atom stereocenters. The lowest BCUT2D eigenvalue weighted by molar-refractivity contribution is -0.139. The Labute approximate surface area is 114 Å². The van der Waals surface area contributed by atoms with Gasteiger partial charge in [-0.2, -0.15) is 0 Å². The maximum Gasteiger partial charge on any atom is 0.237 e. The Bertz CT molecular complexity index is 359. The molecule has 0 aromatic heterocycles. The van der Waals surface area contributed by atoms with Gasteiger partial charge in [0, 0.05) is 6.54 Å². The van der Waals surface area contributed by atoms with Crippen LogP contribution in [0.15, 0.2) is 0 Å². The Kier molecular flexibility index (Phi) is 3.53. The first-order valence-corrected chi connectivity index (χ1v) is 7.38. The van der Waals surface area contributed by atoms with Crippen LogP contribution in [-0.4, -0.2) is 43.5 Å². The second kappa shape index (κ2) is 5.04. The van der Waals surface area contributed by atoms with E-state index in [9.17, 15) is 4.79 Å². The Hall–Kier alpha value is -0.650. The maximum atomic E-state index is 12.2. The second-order valence-corrected chi connectivity index (χ2v) is 6.44. The molecule has 108 valence electrons. The maximum absolute atomic E-state index is 12.2. The molecule has 3 fully saturated rings. The van der Waals surface area contributed by atoms with Crippen LogP contribution in [0.2, 0.25) is 0 Å². The monoisotopic (exact) mass is 268 g/mol. The minimum atomic E-state index is -0.516. The fraction of sp³-hybridized carbons (Fsp3) is 0.929. The highest BCUT2D eigenvalue weighted by Crippen LogP contribution is 2.37. The Morgan fingerprint density at radius 1 is 1.42 bits per heavy atom. The number of hydrogen-bond acceptors (Lipinski definition) is 4. The summed E-state index contributed by atoms with van der Waals surface area (Å²) in [6.45, 7) is 5.89. The molecule has 0 aromatic carbocycles. The number of carbonyl (C=O) groups is 1. The van der Waals surface area contributed by atoms with E-state index in [1.165, 1.54) is 19.3 Å². The van der Waals surface area contributed by atoms with Crippen molar-refractivity contribution >= 4 is 5.91 Å². The summed E-state index contributed by atoms with van der Waals surface area (Å²) < 4.78 is 11.2. The summed E-state index contributed by atoms with van der Waals surface area (Å²) in [5.41, 5.74) is 0. The van der Waals surface area contributed by atoms with Crippen LogP contribution >= 0.6 is 0 Å². The van der Waals surface area contributed by atoms with Gasteiger partial charge in [-0.25, -0.2) is 0 Å². The zero-order valence-electron chi connectivity index (χ0n) is 11.8. The highest BCUT2D eigenvalue weighted by Gasteiger charge is 2.42. The van der Waals surface area contributed by atoms with Gasteiger partial charge in [-0.05, 0) is 45.1 Å². The lowest BCUT2D eigenvalue weighted by Gasteiger charge is -2.20. The van der Waals surface area contributed by atoms with E-state index >= 15 is 0 Å². The van der Waals surface area contributed by atoms with Crippen LogP contribution in [0.4, 0.5) is 0 Å². The minimum Gasteiger partial charge on any atom is -0.352 e. The van der Waals surface area contributed by atoms with Gasteiger partial charge in [0.15, 0.2) is 5.79 Å². The minimum absolute atomic E-state index is 0.00262. The molecule has 2 N–H and O–H groups in total. The summed E-state index contributed by atoms with van der Waals surface area (Å²) >= 11 is 0. The third-order valence-corrected chi connectivity index (χ3v) is 4.60. The number of ether oxygens (including phenoxy) is 2. The number of rotatable bonds is 3. The van der Waals surface area contributed by atoms with Crippen LogP contribution in [0.3, 0.4) is 0 Å². The fourth-order valence-corrected chi connectivity index (χ4v) is 3.66. The van der Waals surface area contributed by atoms with E-state index in [0.29, 0.717) is 25.0 Å². The molecule has 0 aromatic rings. The molecule has 0 radical (unpaired) electrons. The van der Waals surface area contributed by atoms with Crippen molar-refractivity contribution in [2.45, 2.75) is 51.0 Å². The number of amides is 1. The van der Waals surface area contributed by atoms with Gasteiger partial charge in [0.05, 0.1) is 12.6 Å². The largest absolute Gasteiger partial charge is 0.352 e. The Morgan fingerprint density at radius 2 is 2.26 bits per heavy atom. The predicted molar refractivity (Wildman–Crippen MR) is 70.5 cm³/mol. The van der Waals surface area contributed by atoms with Gasteiger partial charge < -0.3 is 20.1 Å². The van der Waals surface area contributed by atoms with Crippen molar-refractivity contribution in [3.8, 4) is 0 Å². The standard InChI is InChI=1S/C14H24N2O3/c1-14(2)18-8-10(19-14)7-16-13(17)12-11-5-3-4-9(11)6-15-12/h9-12,15H,3-8H2,1-2H3,(H,16,17). The highest BCUT2D eigenvalue weighted by atomic mass is 16.7. The SMILES string of the molecule is CC1(C)OCC(CNC(=O)C2NCC3CCCC32)O1. The highest BCUT2D eigenvalue weighted by molar-refractivity contribution is 5.82. The van der Waals surface area contributed by atoms with Gasteiger partial charge in [-0.3, -0.25) is 4.79 Å². The van der Waals surface area contributed by atoms with E-state index in [2.05, 4.69) is 10.6 Å². The Balaban J connectivity index is 1.47. The summed E-state index contributed by atoms with van der Waals surface area (Å²) in [6, 6.07) is 0.00262. The molecule has 0 bridgehead atoms. The van der Waals surface area contributed by atoms with Crippen LogP contribution in [0, 0.1) is 11.8 Å². The zero-order chi connectivity index (χ0) is 13.5. The van der Waals surface area contributed by atoms with Crippen LogP contribution in [-0.2, 0) is 14.3 Å². The molecule has 4 unspecified atom stereocenters. The van der Waals surface area contributed by atoms with Gasteiger partial charge >= 0.3 is 0 Å². The predicted octanol–water partition coefficient (Wildman–Crippen LogP) is 0.642.